The Bertz CT molecular complexity index is 892. The van der Waals surface area contributed by atoms with E-state index in [0.717, 1.165) is 36.7 Å². The second-order valence-corrected chi connectivity index (χ2v) is 12.6. The number of rotatable bonds is 18. The summed E-state index contributed by atoms with van der Waals surface area (Å²) in [5, 5.41) is 20.0. The molecule has 0 spiro atoms. The van der Waals surface area contributed by atoms with Gasteiger partial charge >= 0.3 is 0 Å². The number of nitrogens with zero attached hydrogens (tertiary/aromatic N) is 4. The van der Waals surface area contributed by atoms with Gasteiger partial charge in [0.2, 0.25) is 17.7 Å². The number of aliphatic hydroxyl groups is 1. The SMILES string of the molecule is CC.CC(C)CCCCCCNC(=O)C(Cc1cn(CCO)nn1)N1C(=O)CC(C(C)C)C1=O.CC(C)CCOC(C)C. The predicted octanol–water partition coefficient (Wildman–Crippen LogP) is 5.42. The number of carbonyl (C=O) groups is 3. The molecule has 2 atom stereocenters. The van der Waals surface area contributed by atoms with E-state index in [1.54, 1.807) is 6.20 Å². The van der Waals surface area contributed by atoms with Crippen molar-refractivity contribution in [3.8, 4) is 0 Å². The molecule has 10 nitrogen and oxygen atoms in total. The Kier molecular flexibility index (Phi) is 21.9. The van der Waals surface area contributed by atoms with E-state index in [9.17, 15) is 14.4 Å². The summed E-state index contributed by atoms with van der Waals surface area (Å²) in [7, 11) is 0. The second-order valence-electron chi connectivity index (χ2n) is 12.6. The van der Waals surface area contributed by atoms with Crippen molar-refractivity contribution in [3.63, 3.8) is 0 Å². The number of likely N-dealkylation sites (tertiary alicyclic amines) is 1. The number of hydrogen-bond donors (Lipinski definition) is 2. The Hall–Kier alpha value is -2.33. The Labute approximate surface area is 261 Å². The molecule has 0 bridgehead atoms. The molecule has 2 unspecified atom stereocenters. The van der Waals surface area contributed by atoms with E-state index in [-0.39, 0.29) is 49.6 Å². The van der Waals surface area contributed by atoms with Crippen LogP contribution in [0.2, 0.25) is 0 Å². The van der Waals surface area contributed by atoms with Crippen molar-refractivity contribution >= 4 is 17.7 Å². The van der Waals surface area contributed by atoms with Crippen LogP contribution in [0.1, 0.15) is 120 Å². The van der Waals surface area contributed by atoms with E-state index in [4.69, 9.17) is 9.84 Å². The summed E-state index contributed by atoms with van der Waals surface area (Å²) in [6.07, 6.45) is 8.86. The van der Waals surface area contributed by atoms with Gasteiger partial charge in [-0.25, -0.2) is 4.68 Å². The maximum atomic E-state index is 13.1. The zero-order chi connectivity index (χ0) is 32.9. The lowest BCUT2D eigenvalue weighted by molar-refractivity contribution is -0.147. The minimum Gasteiger partial charge on any atom is -0.394 e. The summed E-state index contributed by atoms with van der Waals surface area (Å²) in [6, 6.07) is -0.945. The standard InChI is InChI=1S/C23H39N5O4.C8H18O.C2H6/c1-16(2)9-7-5-6-8-10-24-22(31)20(13-18-15-27(11-12-29)26-25-18)28-21(30)14-19(17(3)4)23(28)32;1-7(2)5-6-9-8(3)4;1-2/h15-17,19-20,29H,5-14H2,1-4H3,(H,24,31);7-8H,5-6H2,1-4H3;1-2H3. The van der Waals surface area contributed by atoms with E-state index < -0.39 is 12.0 Å². The molecule has 43 heavy (non-hydrogen) atoms. The molecule has 3 amide bonds. The largest absolute Gasteiger partial charge is 0.394 e. The fourth-order valence-corrected chi connectivity index (χ4v) is 4.57. The molecule has 0 aromatic carbocycles. The number of nitrogens with one attached hydrogen (secondary N) is 1. The molecule has 0 saturated carbocycles. The highest BCUT2D eigenvalue weighted by Crippen LogP contribution is 2.29. The van der Waals surface area contributed by atoms with Crippen molar-refractivity contribution in [2.24, 2.45) is 23.7 Å². The van der Waals surface area contributed by atoms with Crippen molar-refractivity contribution < 1.29 is 24.2 Å². The third kappa shape index (κ3) is 16.9. The molecule has 1 aromatic heterocycles. The van der Waals surface area contributed by atoms with E-state index in [0.29, 0.717) is 24.3 Å². The molecule has 250 valence electrons. The first-order valence-electron chi connectivity index (χ1n) is 16.6. The van der Waals surface area contributed by atoms with Crippen LogP contribution < -0.4 is 5.32 Å². The number of aliphatic hydroxyl groups excluding tert-OH is 1. The molecule has 2 heterocycles. The highest BCUT2D eigenvalue weighted by atomic mass is 16.5. The smallest absolute Gasteiger partial charge is 0.243 e. The van der Waals surface area contributed by atoms with E-state index in [2.05, 4.69) is 57.2 Å². The number of amides is 3. The van der Waals surface area contributed by atoms with Crippen molar-refractivity contribution in [2.75, 3.05) is 19.8 Å². The molecule has 10 heteroatoms. The molecule has 1 aliphatic rings. The van der Waals surface area contributed by atoms with Gasteiger partial charge in [-0.2, -0.15) is 0 Å². The van der Waals surface area contributed by atoms with Crippen molar-refractivity contribution in [1.29, 1.82) is 0 Å². The van der Waals surface area contributed by atoms with Crippen LogP contribution >= 0.6 is 0 Å². The summed E-state index contributed by atoms with van der Waals surface area (Å²) in [6.45, 7) is 22.4. The topological polar surface area (TPSA) is 127 Å². The van der Waals surface area contributed by atoms with Gasteiger partial charge < -0.3 is 15.2 Å². The normalized spacial score (nSPS) is 15.6. The molecule has 1 aromatic rings. The fraction of sp³-hybridized carbons (Fsp3) is 0.848. The van der Waals surface area contributed by atoms with Crippen molar-refractivity contribution in [2.45, 2.75) is 139 Å². The summed E-state index contributed by atoms with van der Waals surface area (Å²) in [5.41, 5.74) is 0.501. The summed E-state index contributed by atoms with van der Waals surface area (Å²) in [4.78, 5) is 39.8. The molecule has 1 fully saturated rings. The van der Waals surface area contributed by atoms with Crippen LogP contribution in [-0.4, -0.2) is 74.6 Å². The fourth-order valence-electron chi connectivity index (χ4n) is 4.57. The molecular formula is C33H63N5O5. The van der Waals surface area contributed by atoms with Crippen molar-refractivity contribution in [1.82, 2.24) is 25.2 Å². The highest BCUT2D eigenvalue weighted by Gasteiger charge is 2.45. The first-order chi connectivity index (χ1) is 20.4. The third-order valence-corrected chi connectivity index (χ3v) is 7.11. The van der Waals surface area contributed by atoms with Gasteiger partial charge in [0.05, 0.1) is 24.9 Å². The number of imide groups is 1. The second kappa shape index (κ2) is 23.1. The number of unbranched alkanes of at least 4 members (excludes halogenated alkanes) is 3. The van der Waals surface area contributed by atoms with E-state index >= 15 is 0 Å². The van der Waals surface area contributed by atoms with E-state index in [1.807, 2.05) is 27.7 Å². The quantitative estimate of drug-likeness (QED) is 0.168. The van der Waals surface area contributed by atoms with Gasteiger partial charge in [-0.3, -0.25) is 19.3 Å². The van der Waals surface area contributed by atoms with Gasteiger partial charge in [-0.1, -0.05) is 86.3 Å². The van der Waals surface area contributed by atoms with Gasteiger partial charge in [-0.05, 0) is 44.4 Å². The summed E-state index contributed by atoms with van der Waals surface area (Å²) in [5.74, 6) is 0.155. The Balaban J connectivity index is 0.00000137. The summed E-state index contributed by atoms with van der Waals surface area (Å²) >= 11 is 0. The van der Waals surface area contributed by atoms with Crippen LogP contribution in [0.15, 0.2) is 6.20 Å². The number of aromatic nitrogens is 3. The zero-order valence-corrected chi connectivity index (χ0v) is 28.9. The first-order valence-corrected chi connectivity index (χ1v) is 16.6. The minimum atomic E-state index is -0.945. The van der Waals surface area contributed by atoms with Gasteiger partial charge in [0.25, 0.3) is 0 Å². The van der Waals surface area contributed by atoms with Gasteiger partial charge in [-0.15, -0.1) is 5.10 Å². The predicted molar refractivity (Wildman–Crippen MR) is 172 cm³/mol. The molecule has 0 radical (unpaired) electrons. The Morgan fingerprint density at radius 1 is 1.00 bits per heavy atom. The first kappa shape index (κ1) is 40.7. The summed E-state index contributed by atoms with van der Waals surface area (Å²) < 4.78 is 6.83. The lowest BCUT2D eigenvalue weighted by Gasteiger charge is -2.25. The van der Waals surface area contributed by atoms with Crippen LogP contribution in [0.3, 0.4) is 0 Å². The molecule has 1 saturated heterocycles. The van der Waals surface area contributed by atoms with Crippen LogP contribution in [0, 0.1) is 23.7 Å². The van der Waals surface area contributed by atoms with Crippen LogP contribution in [0.25, 0.3) is 0 Å². The monoisotopic (exact) mass is 609 g/mol. The van der Waals surface area contributed by atoms with Crippen molar-refractivity contribution in [3.05, 3.63) is 11.9 Å². The molecular weight excluding hydrogens is 546 g/mol. The van der Waals surface area contributed by atoms with Gasteiger partial charge in [0.1, 0.15) is 6.04 Å². The maximum Gasteiger partial charge on any atom is 0.243 e. The average Bonchev–Trinajstić information content (AvgIpc) is 3.50. The lowest BCUT2D eigenvalue weighted by Crippen LogP contribution is -2.51. The molecule has 2 rings (SSSR count). The molecule has 2 N–H and O–H groups in total. The number of ether oxygens (including phenoxy) is 1. The van der Waals surface area contributed by atoms with Crippen LogP contribution in [0.4, 0.5) is 0 Å². The van der Waals surface area contributed by atoms with Gasteiger partial charge in [0.15, 0.2) is 0 Å². The van der Waals surface area contributed by atoms with Crippen LogP contribution in [-0.2, 0) is 32.1 Å². The number of carbonyl (C=O) groups excluding carboxylic acids is 3. The average molecular weight is 610 g/mol. The van der Waals surface area contributed by atoms with Gasteiger partial charge in [0, 0.05) is 38.1 Å². The zero-order valence-electron chi connectivity index (χ0n) is 28.9. The number of hydrogen-bond acceptors (Lipinski definition) is 7. The lowest BCUT2D eigenvalue weighted by atomic mass is 9.94. The Morgan fingerprint density at radius 2 is 1.63 bits per heavy atom. The van der Waals surface area contributed by atoms with Crippen LogP contribution in [0.5, 0.6) is 0 Å². The molecule has 0 aliphatic carbocycles. The molecule has 1 aliphatic heterocycles. The maximum absolute atomic E-state index is 13.1. The third-order valence-electron chi connectivity index (χ3n) is 7.11. The highest BCUT2D eigenvalue weighted by molar-refractivity contribution is 6.07. The van der Waals surface area contributed by atoms with E-state index in [1.165, 1.54) is 23.9 Å². The Morgan fingerprint density at radius 3 is 2.16 bits per heavy atom. The minimum absolute atomic E-state index is 0.0245.